The molecule has 0 radical (unpaired) electrons. The summed E-state index contributed by atoms with van der Waals surface area (Å²) in [6.07, 6.45) is 3.55. The van der Waals surface area contributed by atoms with Crippen molar-refractivity contribution in [2.45, 2.75) is 44.9 Å². The zero-order valence-electron chi connectivity index (χ0n) is 18.7. The number of esters is 1. The Kier molecular flexibility index (Phi) is 7.21. The lowest BCUT2D eigenvalue weighted by atomic mass is 9.78. The summed E-state index contributed by atoms with van der Waals surface area (Å²) in [7, 11) is 2.96. The predicted molar refractivity (Wildman–Crippen MR) is 120 cm³/mol. The van der Waals surface area contributed by atoms with Crippen LogP contribution in [0, 0.1) is 5.92 Å². The van der Waals surface area contributed by atoms with E-state index in [1.807, 2.05) is 38.1 Å². The standard InChI is InChI=1S/C25H31NO5/c1-17(2)16-31-22-12-9-19(15-21(22)23(27)30-4)26-24(28)25(13-5-6-14-25)18-7-10-20(29-3)11-8-18/h7-12,15,17H,5-6,13-14,16H2,1-4H3,(H,26,28). The molecule has 166 valence electrons. The Morgan fingerprint density at radius 3 is 2.29 bits per heavy atom. The van der Waals surface area contributed by atoms with Gasteiger partial charge in [-0.2, -0.15) is 0 Å². The Hall–Kier alpha value is -3.02. The van der Waals surface area contributed by atoms with E-state index in [1.54, 1.807) is 25.3 Å². The minimum Gasteiger partial charge on any atom is -0.497 e. The van der Waals surface area contributed by atoms with Gasteiger partial charge in [-0.25, -0.2) is 4.79 Å². The monoisotopic (exact) mass is 425 g/mol. The van der Waals surface area contributed by atoms with Crippen molar-refractivity contribution in [3.8, 4) is 11.5 Å². The van der Waals surface area contributed by atoms with Crippen molar-refractivity contribution in [1.82, 2.24) is 0 Å². The number of ether oxygens (including phenoxy) is 3. The van der Waals surface area contributed by atoms with Crippen LogP contribution in [0.1, 0.15) is 55.5 Å². The van der Waals surface area contributed by atoms with E-state index >= 15 is 0 Å². The highest BCUT2D eigenvalue weighted by atomic mass is 16.5. The van der Waals surface area contributed by atoms with Crippen LogP contribution >= 0.6 is 0 Å². The first kappa shape index (κ1) is 22.7. The molecule has 3 rings (SSSR count). The van der Waals surface area contributed by atoms with Crippen LogP contribution in [0.4, 0.5) is 5.69 Å². The summed E-state index contributed by atoms with van der Waals surface area (Å²) >= 11 is 0. The number of amides is 1. The van der Waals surface area contributed by atoms with Crippen LogP contribution in [0.15, 0.2) is 42.5 Å². The van der Waals surface area contributed by atoms with Crippen molar-refractivity contribution >= 4 is 17.6 Å². The molecule has 0 heterocycles. The zero-order valence-corrected chi connectivity index (χ0v) is 18.7. The largest absolute Gasteiger partial charge is 0.497 e. The number of rotatable bonds is 8. The predicted octanol–water partition coefficient (Wildman–Crippen LogP) is 4.97. The van der Waals surface area contributed by atoms with E-state index < -0.39 is 11.4 Å². The molecule has 0 unspecified atom stereocenters. The molecule has 0 bridgehead atoms. The van der Waals surface area contributed by atoms with Gasteiger partial charge in [0.1, 0.15) is 17.1 Å². The van der Waals surface area contributed by atoms with E-state index in [4.69, 9.17) is 14.2 Å². The van der Waals surface area contributed by atoms with Crippen molar-refractivity contribution in [1.29, 1.82) is 0 Å². The van der Waals surface area contributed by atoms with E-state index in [0.717, 1.165) is 37.0 Å². The molecule has 2 aromatic rings. The first-order valence-electron chi connectivity index (χ1n) is 10.7. The van der Waals surface area contributed by atoms with E-state index in [1.165, 1.54) is 7.11 Å². The molecule has 6 heteroatoms. The molecular weight excluding hydrogens is 394 g/mol. The van der Waals surface area contributed by atoms with Gasteiger partial charge in [0, 0.05) is 5.69 Å². The molecule has 1 aliphatic carbocycles. The number of methoxy groups -OCH3 is 2. The molecule has 0 aliphatic heterocycles. The molecule has 0 aromatic heterocycles. The molecule has 1 amide bonds. The number of nitrogens with one attached hydrogen (secondary N) is 1. The van der Waals surface area contributed by atoms with Crippen LogP contribution in [0.25, 0.3) is 0 Å². The number of hydrogen-bond acceptors (Lipinski definition) is 5. The van der Waals surface area contributed by atoms with Gasteiger partial charge in [-0.1, -0.05) is 38.8 Å². The maximum absolute atomic E-state index is 13.5. The minimum atomic E-state index is -0.593. The van der Waals surface area contributed by atoms with Crippen molar-refractivity contribution in [3.05, 3.63) is 53.6 Å². The molecule has 0 atom stereocenters. The highest BCUT2D eigenvalue weighted by Crippen LogP contribution is 2.42. The second kappa shape index (κ2) is 9.86. The van der Waals surface area contributed by atoms with Crippen molar-refractivity contribution in [2.75, 3.05) is 26.1 Å². The fourth-order valence-corrected chi connectivity index (χ4v) is 4.05. The third kappa shape index (κ3) is 5.01. The minimum absolute atomic E-state index is 0.0677. The zero-order chi connectivity index (χ0) is 22.4. The van der Waals surface area contributed by atoms with Gasteiger partial charge in [0.25, 0.3) is 0 Å². The number of hydrogen-bond donors (Lipinski definition) is 1. The van der Waals surface area contributed by atoms with Crippen LogP contribution in [0.2, 0.25) is 0 Å². The molecule has 0 spiro atoms. The summed E-state index contributed by atoms with van der Waals surface area (Å²) in [4.78, 5) is 25.7. The Morgan fingerprint density at radius 2 is 1.71 bits per heavy atom. The van der Waals surface area contributed by atoms with E-state index in [9.17, 15) is 9.59 Å². The smallest absolute Gasteiger partial charge is 0.341 e. The van der Waals surface area contributed by atoms with E-state index in [2.05, 4.69) is 5.32 Å². The van der Waals surface area contributed by atoms with Gasteiger partial charge >= 0.3 is 5.97 Å². The molecule has 2 aromatic carbocycles. The van der Waals surface area contributed by atoms with Gasteiger partial charge in [-0.15, -0.1) is 0 Å². The second-order valence-corrected chi connectivity index (χ2v) is 8.38. The van der Waals surface area contributed by atoms with Gasteiger partial charge in [0.05, 0.1) is 26.2 Å². The van der Waals surface area contributed by atoms with Crippen LogP contribution in [-0.4, -0.2) is 32.7 Å². The Bertz CT molecular complexity index is 914. The molecule has 31 heavy (non-hydrogen) atoms. The number of carbonyl (C=O) groups is 2. The third-order valence-electron chi connectivity index (χ3n) is 5.75. The quantitative estimate of drug-likeness (QED) is 0.605. The van der Waals surface area contributed by atoms with Crippen LogP contribution in [0.3, 0.4) is 0 Å². The second-order valence-electron chi connectivity index (χ2n) is 8.38. The van der Waals surface area contributed by atoms with Gasteiger partial charge in [0.2, 0.25) is 5.91 Å². The van der Waals surface area contributed by atoms with Crippen molar-refractivity contribution < 1.29 is 23.8 Å². The molecule has 1 N–H and O–H groups in total. The van der Waals surface area contributed by atoms with Gasteiger partial charge < -0.3 is 19.5 Å². The third-order valence-corrected chi connectivity index (χ3v) is 5.75. The maximum Gasteiger partial charge on any atom is 0.341 e. The number of benzene rings is 2. The Balaban J connectivity index is 1.87. The highest BCUT2D eigenvalue weighted by Gasteiger charge is 2.42. The lowest BCUT2D eigenvalue weighted by Gasteiger charge is -2.28. The highest BCUT2D eigenvalue weighted by molar-refractivity contribution is 6.01. The SMILES string of the molecule is COC(=O)c1cc(NC(=O)C2(c3ccc(OC)cc3)CCCC2)ccc1OCC(C)C. The summed E-state index contributed by atoms with van der Waals surface area (Å²) in [5.74, 6) is 0.959. The summed E-state index contributed by atoms with van der Waals surface area (Å²) in [6, 6.07) is 12.8. The first-order chi connectivity index (χ1) is 14.9. The van der Waals surface area contributed by atoms with Crippen molar-refractivity contribution in [3.63, 3.8) is 0 Å². The number of carbonyl (C=O) groups excluding carboxylic acids is 2. The molecule has 0 saturated heterocycles. The Morgan fingerprint density at radius 1 is 1.03 bits per heavy atom. The lowest BCUT2D eigenvalue weighted by molar-refractivity contribution is -0.121. The van der Waals surface area contributed by atoms with Crippen LogP contribution < -0.4 is 14.8 Å². The average molecular weight is 426 g/mol. The topological polar surface area (TPSA) is 73.9 Å². The lowest BCUT2D eigenvalue weighted by Crippen LogP contribution is -2.38. The molecule has 1 aliphatic rings. The van der Waals surface area contributed by atoms with Crippen molar-refractivity contribution in [2.24, 2.45) is 5.92 Å². The average Bonchev–Trinajstić information content (AvgIpc) is 3.29. The van der Waals surface area contributed by atoms with Gasteiger partial charge in [-0.3, -0.25) is 4.79 Å². The summed E-state index contributed by atoms with van der Waals surface area (Å²) in [6.45, 7) is 4.55. The van der Waals surface area contributed by atoms with Crippen LogP contribution in [0.5, 0.6) is 11.5 Å². The molecule has 1 fully saturated rings. The first-order valence-corrected chi connectivity index (χ1v) is 10.7. The fourth-order valence-electron chi connectivity index (χ4n) is 4.05. The summed E-state index contributed by atoms with van der Waals surface area (Å²) in [5, 5.41) is 3.03. The fraction of sp³-hybridized carbons (Fsp3) is 0.440. The molecular formula is C25H31NO5. The van der Waals surface area contributed by atoms with E-state index in [0.29, 0.717) is 29.5 Å². The van der Waals surface area contributed by atoms with Crippen LogP contribution in [-0.2, 0) is 14.9 Å². The number of anilines is 1. The van der Waals surface area contributed by atoms with Gasteiger partial charge in [0.15, 0.2) is 0 Å². The van der Waals surface area contributed by atoms with Gasteiger partial charge in [-0.05, 0) is 54.7 Å². The van der Waals surface area contributed by atoms with E-state index in [-0.39, 0.29) is 5.91 Å². The molecule has 6 nitrogen and oxygen atoms in total. The normalized spacial score (nSPS) is 14.9. The summed E-state index contributed by atoms with van der Waals surface area (Å²) in [5.41, 5.74) is 1.23. The summed E-state index contributed by atoms with van der Waals surface area (Å²) < 4.78 is 15.9. The maximum atomic E-state index is 13.5. The molecule has 1 saturated carbocycles. The Labute approximate surface area is 183 Å².